The van der Waals surface area contributed by atoms with Gasteiger partial charge in [-0.1, -0.05) is 41.9 Å². The molecule has 4 nitrogen and oxygen atoms in total. The van der Waals surface area contributed by atoms with Crippen molar-refractivity contribution in [2.24, 2.45) is 0 Å². The Morgan fingerprint density at radius 2 is 1.75 bits per heavy atom. The Bertz CT molecular complexity index is 803. The molecule has 0 saturated carbocycles. The molecule has 0 bridgehead atoms. The number of nitrogens with one attached hydrogen (secondary N) is 1. The number of ether oxygens (including phenoxy) is 1. The topological polar surface area (TPSA) is 51.2 Å². The summed E-state index contributed by atoms with van der Waals surface area (Å²) in [4.78, 5) is 16.2. The number of amides is 1. The Morgan fingerprint density at radius 1 is 1.00 bits per heavy atom. The van der Waals surface area contributed by atoms with Gasteiger partial charge in [-0.15, -0.1) is 0 Å². The summed E-state index contributed by atoms with van der Waals surface area (Å²) >= 11 is 5.77. The van der Waals surface area contributed by atoms with Gasteiger partial charge in [-0.05, 0) is 42.0 Å². The number of benzene rings is 2. The van der Waals surface area contributed by atoms with Crippen molar-refractivity contribution >= 4 is 23.3 Å². The van der Waals surface area contributed by atoms with Crippen LogP contribution in [-0.4, -0.2) is 10.9 Å². The monoisotopic (exact) mass is 338 g/mol. The minimum atomic E-state index is -0.237. The van der Waals surface area contributed by atoms with E-state index in [1.807, 2.05) is 30.3 Å². The minimum Gasteiger partial charge on any atom is -0.489 e. The molecule has 3 aromatic rings. The van der Waals surface area contributed by atoms with E-state index in [2.05, 4.69) is 10.3 Å². The zero-order valence-electron chi connectivity index (χ0n) is 12.8. The summed E-state index contributed by atoms with van der Waals surface area (Å²) < 4.78 is 5.70. The fraction of sp³-hybridized carbons (Fsp3) is 0.0526. The molecular formula is C19H15ClN2O2. The van der Waals surface area contributed by atoms with E-state index in [0.29, 0.717) is 28.8 Å². The van der Waals surface area contributed by atoms with Gasteiger partial charge >= 0.3 is 0 Å². The first-order valence-corrected chi connectivity index (χ1v) is 7.78. The smallest absolute Gasteiger partial charge is 0.256 e. The fourth-order valence-electron chi connectivity index (χ4n) is 2.08. The lowest BCUT2D eigenvalue weighted by atomic mass is 10.2. The highest BCUT2D eigenvalue weighted by atomic mass is 35.5. The van der Waals surface area contributed by atoms with Gasteiger partial charge < -0.3 is 10.1 Å². The number of carbonyl (C=O) groups is 1. The number of hydrogen-bond acceptors (Lipinski definition) is 3. The lowest BCUT2D eigenvalue weighted by Crippen LogP contribution is -2.12. The molecule has 5 heteroatoms. The van der Waals surface area contributed by atoms with E-state index < -0.39 is 0 Å². The quantitative estimate of drug-likeness (QED) is 0.741. The molecular weight excluding hydrogens is 324 g/mol. The SMILES string of the molecule is O=C(Nc1ccc(Cl)cn1)c1ccc(OCc2ccccc2)cc1. The van der Waals surface area contributed by atoms with Crippen molar-refractivity contribution in [2.75, 3.05) is 5.32 Å². The summed E-state index contributed by atoms with van der Waals surface area (Å²) in [5.41, 5.74) is 1.62. The fourth-order valence-corrected chi connectivity index (χ4v) is 2.19. The zero-order valence-corrected chi connectivity index (χ0v) is 13.5. The molecule has 1 aromatic heterocycles. The van der Waals surface area contributed by atoms with E-state index >= 15 is 0 Å². The molecule has 0 unspecified atom stereocenters. The van der Waals surface area contributed by atoms with Crippen molar-refractivity contribution in [1.82, 2.24) is 4.98 Å². The van der Waals surface area contributed by atoms with Crippen molar-refractivity contribution in [3.8, 4) is 5.75 Å². The van der Waals surface area contributed by atoms with Crippen LogP contribution in [0.5, 0.6) is 5.75 Å². The molecule has 120 valence electrons. The molecule has 3 rings (SSSR count). The van der Waals surface area contributed by atoms with E-state index in [0.717, 1.165) is 5.56 Å². The molecule has 1 amide bonds. The molecule has 0 fully saturated rings. The average molecular weight is 339 g/mol. The lowest BCUT2D eigenvalue weighted by Gasteiger charge is -2.08. The van der Waals surface area contributed by atoms with E-state index in [9.17, 15) is 4.79 Å². The second kappa shape index (κ2) is 7.62. The number of anilines is 1. The predicted molar refractivity (Wildman–Crippen MR) is 94.4 cm³/mol. The molecule has 1 N–H and O–H groups in total. The Balaban J connectivity index is 1.59. The van der Waals surface area contributed by atoms with Crippen molar-refractivity contribution in [3.63, 3.8) is 0 Å². The van der Waals surface area contributed by atoms with Crippen LogP contribution in [0.1, 0.15) is 15.9 Å². The Morgan fingerprint density at radius 3 is 2.42 bits per heavy atom. The number of halogens is 1. The normalized spacial score (nSPS) is 10.2. The van der Waals surface area contributed by atoms with Crippen LogP contribution in [-0.2, 0) is 6.61 Å². The first-order chi connectivity index (χ1) is 11.7. The molecule has 2 aromatic carbocycles. The van der Waals surface area contributed by atoms with Gasteiger partial charge in [-0.2, -0.15) is 0 Å². The maximum Gasteiger partial charge on any atom is 0.256 e. The number of aromatic nitrogens is 1. The molecule has 1 heterocycles. The Hall–Kier alpha value is -2.85. The van der Waals surface area contributed by atoms with Gasteiger partial charge in [-0.3, -0.25) is 4.79 Å². The van der Waals surface area contributed by atoms with Crippen LogP contribution in [0.25, 0.3) is 0 Å². The average Bonchev–Trinajstić information content (AvgIpc) is 2.63. The molecule has 0 aliphatic carbocycles. The zero-order chi connectivity index (χ0) is 16.8. The van der Waals surface area contributed by atoms with E-state index in [1.165, 1.54) is 6.20 Å². The minimum absolute atomic E-state index is 0.237. The predicted octanol–water partition coefficient (Wildman–Crippen LogP) is 4.57. The second-order valence-electron chi connectivity index (χ2n) is 5.11. The molecule has 0 radical (unpaired) electrons. The van der Waals surface area contributed by atoms with Crippen molar-refractivity contribution < 1.29 is 9.53 Å². The first kappa shape index (κ1) is 16.0. The van der Waals surface area contributed by atoms with Crippen LogP contribution in [0, 0.1) is 0 Å². The standard InChI is InChI=1S/C19H15ClN2O2/c20-16-8-11-18(21-12-16)22-19(23)15-6-9-17(10-7-15)24-13-14-4-2-1-3-5-14/h1-12H,13H2,(H,21,22,23). The van der Waals surface area contributed by atoms with Crippen LogP contribution in [0.2, 0.25) is 5.02 Å². The van der Waals surface area contributed by atoms with Crippen LogP contribution in [0.15, 0.2) is 72.9 Å². The highest BCUT2D eigenvalue weighted by Gasteiger charge is 2.07. The largest absolute Gasteiger partial charge is 0.489 e. The van der Waals surface area contributed by atoms with Crippen molar-refractivity contribution in [1.29, 1.82) is 0 Å². The van der Waals surface area contributed by atoms with E-state index in [1.54, 1.807) is 36.4 Å². The molecule has 0 aliphatic rings. The Labute approximate surface area is 145 Å². The summed E-state index contributed by atoms with van der Waals surface area (Å²) in [6.07, 6.45) is 1.48. The maximum absolute atomic E-state index is 12.2. The molecule has 0 saturated heterocycles. The lowest BCUT2D eigenvalue weighted by molar-refractivity contribution is 0.102. The van der Waals surface area contributed by atoms with Gasteiger partial charge in [0.05, 0.1) is 5.02 Å². The summed E-state index contributed by atoms with van der Waals surface area (Å²) in [5, 5.41) is 3.23. The van der Waals surface area contributed by atoms with Gasteiger partial charge in [0.25, 0.3) is 5.91 Å². The molecule has 0 spiro atoms. The van der Waals surface area contributed by atoms with Crippen LogP contribution in [0.4, 0.5) is 5.82 Å². The molecule has 24 heavy (non-hydrogen) atoms. The third-order valence-corrected chi connectivity index (χ3v) is 3.56. The first-order valence-electron chi connectivity index (χ1n) is 7.40. The molecule has 0 atom stereocenters. The van der Waals surface area contributed by atoms with Crippen molar-refractivity contribution in [2.45, 2.75) is 6.61 Å². The van der Waals surface area contributed by atoms with Gasteiger partial charge in [0, 0.05) is 11.8 Å². The van der Waals surface area contributed by atoms with Crippen LogP contribution >= 0.6 is 11.6 Å². The maximum atomic E-state index is 12.2. The number of carbonyl (C=O) groups excluding carboxylic acids is 1. The van der Waals surface area contributed by atoms with E-state index in [4.69, 9.17) is 16.3 Å². The number of pyridine rings is 1. The summed E-state index contributed by atoms with van der Waals surface area (Å²) in [7, 11) is 0. The van der Waals surface area contributed by atoms with Gasteiger partial charge in [0.1, 0.15) is 18.2 Å². The highest BCUT2D eigenvalue weighted by molar-refractivity contribution is 6.30. The van der Waals surface area contributed by atoms with E-state index in [-0.39, 0.29) is 5.91 Å². The van der Waals surface area contributed by atoms with Gasteiger partial charge in [-0.25, -0.2) is 4.98 Å². The summed E-state index contributed by atoms with van der Waals surface area (Å²) in [5.74, 6) is 0.924. The van der Waals surface area contributed by atoms with Gasteiger partial charge in [0.15, 0.2) is 0 Å². The number of nitrogens with zero attached hydrogens (tertiary/aromatic N) is 1. The summed E-state index contributed by atoms with van der Waals surface area (Å²) in [6.45, 7) is 0.487. The third-order valence-electron chi connectivity index (χ3n) is 3.33. The highest BCUT2D eigenvalue weighted by Crippen LogP contribution is 2.16. The number of rotatable bonds is 5. The Kier molecular flexibility index (Phi) is 5.08. The van der Waals surface area contributed by atoms with Crippen molar-refractivity contribution in [3.05, 3.63) is 89.1 Å². The third kappa shape index (κ3) is 4.33. The molecule has 0 aliphatic heterocycles. The van der Waals surface area contributed by atoms with Crippen LogP contribution in [0.3, 0.4) is 0 Å². The second-order valence-corrected chi connectivity index (χ2v) is 5.55. The summed E-state index contributed by atoms with van der Waals surface area (Å²) in [6, 6.07) is 20.2. The number of hydrogen-bond donors (Lipinski definition) is 1. The van der Waals surface area contributed by atoms with Crippen LogP contribution < -0.4 is 10.1 Å². The van der Waals surface area contributed by atoms with Gasteiger partial charge in [0.2, 0.25) is 0 Å².